The molecule has 0 saturated carbocycles. The predicted octanol–water partition coefficient (Wildman–Crippen LogP) is 1.61. The summed E-state index contributed by atoms with van der Waals surface area (Å²) < 4.78 is 5.08. The van der Waals surface area contributed by atoms with Crippen molar-refractivity contribution < 1.29 is 9.53 Å². The van der Waals surface area contributed by atoms with E-state index in [-0.39, 0.29) is 11.9 Å². The van der Waals surface area contributed by atoms with E-state index in [2.05, 4.69) is 5.32 Å². The molecule has 0 heterocycles. The second-order valence-electron chi connectivity index (χ2n) is 3.95. The molecular formula is C13H20N2O2. The molecule has 0 aliphatic heterocycles. The Morgan fingerprint density at radius 1 is 1.41 bits per heavy atom. The Morgan fingerprint density at radius 3 is 2.59 bits per heavy atom. The Labute approximate surface area is 102 Å². The monoisotopic (exact) mass is 236 g/mol. The van der Waals surface area contributed by atoms with Gasteiger partial charge in [-0.2, -0.15) is 0 Å². The van der Waals surface area contributed by atoms with Gasteiger partial charge in [0.2, 0.25) is 5.91 Å². The van der Waals surface area contributed by atoms with Gasteiger partial charge in [0.25, 0.3) is 0 Å². The zero-order valence-corrected chi connectivity index (χ0v) is 10.4. The first-order valence-electron chi connectivity index (χ1n) is 5.80. The van der Waals surface area contributed by atoms with Crippen LogP contribution < -0.4 is 15.8 Å². The van der Waals surface area contributed by atoms with Crippen LogP contribution in [0.3, 0.4) is 0 Å². The molecule has 0 bridgehead atoms. The third kappa shape index (κ3) is 4.44. The van der Waals surface area contributed by atoms with Gasteiger partial charge in [-0.3, -0.25) is 4.79 Å². The Kier molecular flexibility index (Phi) is 5.49. The van der Waals surface area contributed by atoms with Crippen LogP contribution in [0.1, 0.15) is 31.4 Å². The van der Waals surface area contributed by atoms with Crippen molar-refractivity contribution in [3.05, 3.63) is 29.8 Å². The van der Waals surface area contributed by atoms with Gasteiger partial charge in [-0.25, -0.2) is 0 Å². The molecule has 1 rings (SSSR count). The molecule has 0 aromatic heterocycles. The molecule has 0 aliphatic carbocycles. The number of amides is 1. The SMILES string of the molecule is COc1ccc([C@H](C)NC(=O)CCCN)cc1. The summed E-state index contributed by atoms with van der Waals surface area (Å²) in [6.45, 7) is 2.51. The van der Waals surface area contributed by atoms with E-state index >= 15 is 0 Å². The average molecular weight is 236 g/mol. The zero-order valence-electron chi connectivity index (χ0n) is 10.4. The van der Waals surface area contributed by atoms with E-state index < -0.39 is 0 Å². The number of nitrogens with two attached hydrogens (primary N) is 1. The van der Waals surface area contributed by atoms with E-state index in [1.165, 1.54) is 0 Å². The minimum absolute atomic E-state index is 0.00572. The number of carbonyl (C=O) groups is 1. The maximum atomic E-state index is 11.5. The van der Waals surface area contributed by atoms with Gasteiger partial charge in [-0.1, -0.05) is 12.1 Å². The van der Waals surface area contributed by atoms with Crippen LogP contribution in [0.2, 0.25) is 0 Å². The number of hydrogen-bond acceptors (Lipinski definition) is 3. The van der Waals surface area contributed by atoms with E-state index in [0.717, 1.165) is 17.7 Å². The van der Waals surface area contributed by atoms with Crippen LogP contribution in [0, 0.1) is 0 Å². The van der Waals surface area contributed by atoms with Crippen LogP contribution in [0.25, 0.3) is 0 Å². The molecule has 17 heavy (non-hydrogen) atoms. The number of benzene rings is 1. The lowest BCUT2D eigenvalue weighted by molar-refractivity contribution is -0.121. The molecule has 1 aromatic carbocycles. The first kappa shape index (κ1) is 13.5. The summed E-state index contributed by atoms with van der Waals surface area (Å²) in [5.74, 6) is 0.856. The van der Waals surface area contributed by atoms with E-state index in [1.54, 1.807) is 7.11 Å². The normalized spacial score (nSPS) is 11.9. The van der Waals surface area contributed by atoms with E-state index in [0.29, 0.717) is 13.0 Å². The molecule has 4 nitrogen and oxygen atoms in total. The zero-order chi connectivity index (χ0) is 12.7. The molecule has 94 valence electrons. The van der Waals surface area contributed by atoms with Gasteiger partial charge in [0.1, 0.15) is 5.75 Å². The topological polar surface area (TPSA) is 64.3 Å². The van der Waals surface area contributed by atoms with Gasteiger partial charge < -0.3 is 15.8 Å². The van der Waals surface area contributed by atoms with Crippen molar-refractivity contribution in [2.45, 2.75) is 25.8 Å². The molecule has 1 amide bonds. The number of hydrogen-bond donors (Lipinski definition) is 2. The Morgan fingerprint density at radius 2 is 2.06 bits per heavy atom. The summed E-state index contributed by atoms with van der Waals surface area (Å²) in [6.07, 6.45) is 1.21. The Hall–Kier alpha value is -1.55. The number of rotatable bonds is 6. The maximum Gasteiger partial charge on any atom is 0.220 e. The van der Waals surface area contributed by atoms with Gasteiger partial charge in [-0.05, 0) is 37.6 Å². The fourth-order valence-electron chi connectivity index (χ4n) is 1.55. The highest BCUT2D eigenvalue weighted by Gasteiger charge is 2.08. The van der Waals surface area contributed by atoms with Gasteiger partial charge >= 0.3 is 0 Å². The lowest BCUT2D eigenvalue weighted by atomic mass is 10.1. The first-order chi connectivity index (χ1) is 8.17. The minimum Gasteiger partial charge on any atom is -0.497 e. The third-order valence-corrected chi connectivity index (χ3v) is 2.60. The molecule has 3 N–H and O–H groups in total. The Balaban J connectivity index is 2.51. The van der Waals surface area contributed by atoms with Crippen molar-refractivity contribution in [1.82, 2.24) is 5.32 Å². The number of carbonyl (C=O) groups excluding carboxylic acids is 1. The summed E-state index contributed by atoms with van der Waals surface area (Å²) in [5.41, 5.74) is 6.42. The molecule has 4 heteroatoms. The quantitative estimate of drug-likeness (QED) is 0.788. The van der Waals surface area contributed by atoms with Crippen LogP contribution in [0.5, 0.6) is 5.75 Å². The van der Waals surface area contributed by atoms with Gasteiger partial charge in [-0.15, -0.1) is 0 Å². The van der Waals surface area contributed by atoms with Crippen LogP contribution in [0.15, 0.2) is 24.3 Å². The molecule has 0 unspecified atom stereocenters. The molecular weight excluding hydrogens is 216 g/mol. The second-order valence-corrected chi connectivity index (χ2v) is 3.95. The number of ether oxygens (including phenoxy) is 1. The summed E-state index contributed by atoms with van der Waals surface area (Å²) in [6, 6.07) is 7.68. The molecule has 0 fully saturated rings. The highest BCUT2D eigenvalue weighted by Crippen LogP contribution is 2.17. The van der Waals surface area contributed by atoms with Crippen LogP contribution in [0.4, 0.5) is 0 Å². The molecule has 1 atom stereocenters. The maximum absolute atomic E-state index is 11.5. The van der Waals surface area contributed by atoms with Crippen molar-refractivity contribution in [1.29, 1.82) is 0 Å². The van der Waals surface area contributed by atoms with Gasteiger partial charge in [0, 0.05) is 6.42 Å². The minimum atomic E-state index is 0.00572. The highest BCUT2D eigenvalue weighted by molar-refractivity contribution is 5.76. The summed E-state index contributed by atoms with van der Waals surface area (Å²) >= 11 is 0. The largest absolute Gasteiger partial charge is 0.497 e. The van der Waals surface area contributed by atoms with Crippen molar-refractivity contribution in [2.24, 2.45) is 5.73 Å². The first-order valence-corrected chi connectivity index (χ1v) is 5.80. The lowest BCUT2D eigenvalue weighted by Gasteiger charge is -2.14. The van der Waals surface area contributed by atoms with Gasteiger partial charge in [0.15, 0.2) is 0 Å². The standard InChI is InChI=1S/C13H20N2O2/c1-10(15-13(16)4-3-9-14)11-5-7-12(17-2)8-6-11/h5-8,10H,3-4,9,14H2,1-2H3,(H,15,16)/t10-/m0/s1. The summed E-state index contributed by atoms with van der Waals surface area (Å²) in [5, 5.41) is 2.93. The highest BCUT2D eigenvalue weighted by atomic mass is 16.5. The van der Waals surface area contributed by atoms with E-state index in [9.17, 15) is 4.79 Å². The smallest absolute Gasteiger partial charge is 0.220 e. The van der Waals surface area contributed by atoms with Crippen LogP contribution >= 0.6 is 0 Å². The molecule has 1 aromatic rings. The number of methoxy groups -OCH3 is 1. The van der Waals surface area contributed by atoms with Crippen molar-refractivity contribution in [3.8, 4) is 5.75 Å². The van der Waals surface area contributed by atoms with Crippen molar-refractivity contribution >= 4 is 5.91 Å². The fraction of sp³-hybridized carbons (Fsp3) is 0.462. The van der Waals surface area contributed by atoms with Crippen LogP contribution in [-0.2, 0) is 4.79 Å². The third-order valence-electron chi connectivity index (χ3n) is 2.60. The van der Waals surface area contributed by atoms with Crippen molar-refractivity contribution in [2.75, 3.05) is 13.7 Å². The lowest BCUT2D eigenvalue weighted by Crippen LogP contribution is -2.26. The predicted molar refractivity (Wildman–Crippen MR) is 67.8 cm³/mol. The fourth-order valence-corrected chi connectivity index (χ4v) is 1.55. The van der Waals surface area contributed by atoms with Crippen molar-refractivity contribution in [3.63, 3.8) is 0 Å². The number of nitrogens with one attached hydrogen (secondary N) is 1. The van der Waals surface area contributed by atoms with E-state index in [4.69, 9.17) is 10.5 Å². The second kappa shape index (κ2) is 6.91. The molecule has 0 aliphatic rings. The molecule has 0 radical (unpaired) electrons. The van der Waals surface area contributed by atoms with Gasteiger partial charge in [0.05, 0.1) is 13.2 Å². The van der Waals surface area contributed by atoms with Crippen LogP contribution in [-0.4, -0.2) is 19.6 Å². The molecule has 0 spiro atoms. The molecule has 0 saturated heterocycles. The summed E-state index contributed by atoms with van der Waals surface area (Å²) in [4.78, 5) is 11.5. The summed E-state index contributed by atoms with van der Waals surface area (Å²) in [7, 11) is 1.63. The Bertz CT molecular complexity index is 349. The van der Waals surface area contributed by atoms with E-state index in [1.807, 2.05) is 31.2 Å². The average Bonchev–Trinajstić information content (AvgIpc) is 2.36.